The van der Waals surface area contributed by atoms with Gasteiger partial charge in [0.1, 0.15) is 18.2 Å². The monoisotopic (exact) mass is 436 g/mol. The Balaban J connectivity index is 2.10. The standard InChI is InChI=1S/C16H16Br2F2O2/c1-4-5-9-12(16(9,2)3)15(21)22-7-8-13(17)10(19)6-11(20)14(8)18/h4-6,9,12H,7H2,1-3H3/b5-4-/t9-,12+/m1/s1. The Morgan fingerprint density at radius 1 is 1.32 bits per heavy atom. The highest BCUT2D eigenvalue weighted by atomic mass is 79.9. The summed E-state index contributed by atoms with van der Waals surface area (Å²) in [5, 5.41) is 0. The first kappa shape index (κ1) is 17.6. The van der Waals surface area contributed by atoms with Gasteiger partial charge in [-0.2, -0.15) is 0 Å². The molecular formula is C16H16Br2F2O2. The molecule has 2 rings (SSSR count). The van der Waals surface area contributed by atoms with E-state index in [1.165, 1.54) is 0 Å². The minimum atomic E-state index is -0.731. The molecule has 2 atom stereocenters. The van der Waals surface area contributed by atoms with Gasteiger partial charge in [-0.25, -0.2) is 8.78 Å². The Labute approximate surface area is 145 Å². The third-order valence-corrected chi connectivity index (χ3v) is 5.84. The molecule has 0 N–H and O–H groups in total. The number of carbonyl (C=O) groups is 1. The molecule has 0 unspecified atom stereocenters. The molecule has 1 aromatic rings. The van der Waals surface area contributed by atoms with Gasteiger partial charge < -0.3 is 4.74 Å². The minimum Gasteiger partial charge on any atom is -0.460 e. The van der Waals surface area contributed by atoms with Gasteiger partial charge in [-0.05, 0) is 50.1 Å². The molecule has 1 aliphatic carbocycles. The van der Waals surface area contributed by atoms with E-state index in [0.29, 0.717) is 0 Å². The Morgan fingerprint density at radius 3 is 2.36 bits per heavy atom. The van der Waals surface area contributed by atoms with Crippen molar-refractivity contribution in [2.24, 2.45) is 17.3 Å². The lowest BCUT2D eigenvalue weighted by Gasteiger charge is -2.11. The van der Waals surface area contributed by atoms with E-state index in [1.54, 1.807) is 0 Å². The summed E-state index contributed by atoms with van der Waals surface area (Å²) in [6.07, 6.45) is 3.90. The van der Waals surface area contributed by atoms with Crippen LogP contribution in [-0.4, -0.2) is 5.97 Å². The molecule has 0 heterocycles. The molecule has 0 aromatic heterocycles. The highest BCUT2D eigenvalue weighted by Crippen LogP contribution is 2.59. The highest BCUT2D eigenvalue weighted by Gasteiger charge is 2.61. The Bertz CT molecular complexity index is 615. The van der Waals surface area contributed by atoms with Gasteiger partial charge in [0.25, 0.3) is 0 Å². The summed E-state index contributed by atoms with van der Waals surface area (Å²) in [7, 11) is 0. The van der Waals surface area contributed by atoms with Crippen molar-refractivity contribution in [3.63, 3.8) is 0 Å². The fourth-order valence-corrected chi connectivity index (χ4v) is 3.80. The van der Waals surface area contributed by atoms with Crippen LogP contribution in [0.25, 0.3) is 0 Å². The molecule has 1 fully saturated rings. The smallest absolute Gasteiger partial charge is 0.310 e. The average Bonchev–Trinajstić information content (AvgIpc) is 2.98. The largest absolute Gasteiger partial charge is 0.460 e. The summed E-state index contributed by atoms with van der Waals surface area (Å²) in [6.45, 7) is 5.71. The lowest BCUT2D eigenvalue weighted by Crippen LogP contribution is -2.11. The third-order valence-electron chi connectivity index (χ3n) is 4.13. The maximum absolute atomic E-state index is 13.5. The number of allylic oxidation sites excluding steroid dienone is 2. The SMILES string of the molecule is C/C=C\[C@@H]1[C@@H](C(=O)OCc2c(Br)c(F)cc(F)c2Br)C1(C)C. The molecule has 1 aromatic carbocycles. The van der Waals surface area contributed by atoms with E-state index in [-0.39, 0.29) is 44.3 Å². The number of hydrogen-bond donors (Lipinski definition) is 0. The van der Waals surface area contributed by atoms with Gasteiger partial charge in [-0.3, -0.25) is 4.79 Å². The molecular weight excluding hydrogens is 422 g/mol. The van der Waals surface area contributed by atoms with Crippen LogP contribution in [0.2, 0.25) is 0 Å². The molecule has 0 saturated heterocycles. The summed E-state index contributed by atoms with van der Waals surface area (Å²) in [4.78, 5) is 12.2. The van der Waals surface area contributed by atoms with E-state index in [2.05, 4.69) is 31.9 Å². The molecule has 120 valence electrons. The van der Waals surface area contributed by atoms with Crippen molar-refractivity contribution in [3.05, 3.63) is 44.4 Å². The second kappa shape index (κ2) is 6.40. The zero-order chi connectivity index (χ0) is 16.7. The van der Waals surface area contributed by atoms with E-state index in [9.17, 15) is 13.6 Å². The van der Waals surface area contributed by atoms with Crippen molar-refractivity contribution in [1.82, 2.24) is 0 Å². The van der Waals surface area contributed by atoms with Crippen molar-refractivity contribution in [3.8, 4) is 0 Å². The Kier molecular flexibility index (Phi) is 5.12. The van der Waals surface area contributed by atoms with Gasteiger partial charge in [-0.15, -0.1) is 0 Å². The Morgan fingerprint density at radius 2 is 1.86 bits per heavy atom. The van der Waals surface area contributed by atoms with Crippen LogP contribution in [0, 0.1) is 28.9 Å². The molecule has 2 nitrogen and oxygen atoms in total. The van der Waals surface area contributed by atoms with E-state index >= 15 is 0 Å². The van der Waals surface area contributed by atoms with Crippen LogP contribution in [0.5, 0.6) is 0 Å². The van der Waals surface area contributed by atoms with Crippen molar-refractivity contribution < 1.29 is 18.3 Å². The van der Waals surface area contributed by atoms with E-state index in [1.807, 2.05) is 32.9 Å². The van der Waals surface area contributed by atoms with Gasteiger partial charge in [0.2, 0.25) is 0 Å². The number of hydrogen-bond acceptors (Lipinski definition) is 2. The lowest BCUT2D eigenvalue weighted by atomic mass is 10.1. The first-order valence-electron chi connectivity index (χ1n) is 6.83. The van der Waals surface area contributed by atoms with Gasteiger partial charge in [0, 0.05) is 11.6 Å². The maximum atomic E-state index is 13.5. The van der Waals surface area contributed by atoms with Crippen molar-refractivity contribution in [2.75, 3.05) is 0 Å². The molecule has 1 aliphatic rings. The fourth-order valence-electron chi connectivity index (χ4n) is 2.68. The summed E-state index contributed by atoms with van der Waals surface area (Å²) < 4.78 is 32.5. The number of esters is 1. The van der Waals surface area contributed by atoms with Crippen LogP contribution in [0.15, 0.2) is 27.2 Å². The van der Waals surface area contributed by atoms with Crippen LogP contribution in [0.4, 0.5) is 8.78 Å². The second-order valence-corrected chi connectivity index (χ2v) is 7.49. The number of benzene rings is 1. The number of ether oxygens (including phenoxy) is 1. The summed E-state index contributed by atoms with van der Waals surface area (Å²) in [6, 6.07) is 0.769. The Hall–Kier alpha value is -0.750. The van der Waals surface area contributed by atoms with Crippen molar-refractivity contribution in [2.45, 2.75) is 27.4 Å². The molecule has 0 aliphatic heterocycles. The van der Waals surface area contributed by atoms with E-state index in [0.717, 1.165) is 6.07 Å². The van der Waals surface area contributed by atoms with Gasteiger partial charge in [-0.1, -0.05) is 26.0 Å². The fraction of sp³-hybridized carbons (Fsp3) is 0.438. The molecule has 0 amide bonds. The lowest BCUT2D eigenvalue weighted by molar-refractivity contribution is -0.147. The average molecular weight is 438 g/mol. The van der Waals surface area contributed by atoms with Crippen LogP contribution in [0.1, 0.15) is 26.3 Å². The first-order chi connectivity index (χ1) is 10.2. The van der Waals surface area contributed by atoms with Crippen LogP contribution < -0.4 is 0 Å². The van der Waals surface area contributed by atoms with Gasteiger partial charge >= 0.3 is 5.97 Å². The van der Waals surface area contributed by atoms with Gasteiger partial charge in [0.05, 0.1) is 14.9 Å². The predicted octanol–water partition coefficient (Wildman–Crippen LogP) is 5.38. The zero-order valence-electron chi connectivity index (χ0n) is 12.4. The third kappa shape index (κ3) is 3.13. The molecule has 0 bridgehead atoms. The summed E-state index contributed by atoms with van der Waals surface area (Å²) in [5.41, 5.74) is 0.0949. The van der Waals surface area contributed by atoms with Gasteiger partial charge in [0.15, 0.2) is 0 Å². The van der Waals surface area contributed by atoms with Crippen LogP contribution in [0.3, 0.4) is 0 Å². The van der Waals surface area contributed by atoms with Crippen molar-refractivity contribution in [1.29, 1.82) is 0 Å². The topological polar surface area (TPSA) is 26.3 Å². The zero-order valence-corrected chi connectivity index (χ0v) is 15.6. The summed E-state index contributed by atoms with van der Waals surface area (Å²) in [5.74, 6) is -1.90. The highest BCUT2D eigenvalue weighted by molar-refractivity contribution is 9.11. The normalized spacial score (nSPS) is 22.9. The number of carbonyl (C=O) groups excluding carboxylic acids is 1. The van der Waals surface area contributed by atoms with Crippen LogP contribution in [-0.2, 0) is 16.1 Å². The molecule has 0 spiro atoms. The minimum absolute atomic E-state index is 0.0913. The van der Waals surface area contributed by atoms with Crippen LogP contribution >= 0.6 is 31.9 Å². The molecule has 22 heavy (non-hydrogen) atoms. The molecule has 0 radical (unpaired) electrons. The number of rotatable bonds is 4. The predicted molar refractivity (Wildman–Crippen MR) is 87.1 cm³/mol. The molecule has 1 saturated carbocycles. The van der Waals surface area contributed by atoms with E-state index in [4.69, 9.17) is 4.74 Å². The maximum Gasteiger partial charge on any atom is 0.310 e. The van der Waals surface area contributed by atoms with E-state index < -0.39 is 11.6 Å². The van der Waals surface area contributed by atoms with Crippen molar-refractivity contribution >= 4 is 37.8 Å². The quantitative estimate of drug-likeness (QED) is 0.359. The number of halogens is 4. The first-order valence-corrected chi connectivity index (χ1v) is 8.41. The second-order valence-electron chi connectivity index (χ2n) is 5.91. The molecule has 6 heteroatoms. The summed E-state index contributed by atoms with van der Waals surface area (Å²) >= 11 is 6.11.